The smallest absolute Gasteiger partial charge is 1.00 e. The predicted molar refractivity (Wildman–Crippen MR) is 206 cm³/mol. The molecule has 4 aliphatic heterocycles. The van der Waals surface area contributed by atoms with Crippen molar-refractivity contribution in [2.45, 2.75) is 148 Å². The summed E-state index contributed by atoms with van der Waals surface area (Å²) < 4.78 is 6.06. The zero-order chi connectivity index (χ0) is 34.3. The fourth-order valence-electron chi connectivity index (χ4n) is 8.71. The molecular weight excluding hydrogens is 671 g/mol. The summed E-state index contributed by atoms with van der Waals surface area (Å²) in [7, 11) is 4.25. The number of aliphatic hydroxyl groups excluding tert-OH is 1. The maximum atomic E-state index is 8.69. The van der Waals surface area contributed by atoms with Gasteiger partial charge in [-0.2, -0.15) is 9.97 Å². The number of likely N-dealkylation sites (N-methyl/N-ethyl adjacent to an activating group) is 2. The van der Waals surface area contributed by atoms with Crippen LogP contribution in [0.3, 0.4) is 0 Å². The Morgan fingerprint density at radius 1 is 0.667 bits per heavy atom. The SMILES string of the molecule is C.CN1CCC[C@H]1CO.C[C@H]1CCCCN1c1nc(Cl)nc2c1CCC2.C[C@H]1CCCCN1c1nc(OC[C@@H]2CCCN2C)nc2c1CCC2.[H-].[Na+]. The Labute approximate surface area is 337 Å². The molecule has 1 N–H and O–H groups in total. The molecule has 4 saturated heterocycles. The van der Waals surface area contributed by atoms with E-state index in [1.54, 1.807) is 0 Å². The van der Waals surface area contributed by atoms with Crippen molar-refractivity contribution in [3.63, 3.8) is 0 Å². The van der Waals surface area contributed by atoms with Crippen LogP contribution in [0, 0.1) is 0 Å². The summed E-state index contributed by atoms with van der Waals surface area (Å²) in [5, 5.41) is 9.11. The number of aryl methyl sites for hydroxylation is 2. The van der Waals surface area contributed by atoms with Gasteiger partial charge in [0.15, 0.2) is 0 Å². The number of ether oxygens (including phenoxy) is 1. The molecule has 0 radical (unpaired) electrons. The van der Waals surface area contributed by atoms with Gasteiger partial charge in [0.2, 0.25) is 5.28 Å². The fourth-order valence-corrected chi connectivity index (χ4v) is 8.89. The molecule has 0 saturated carbocycles. The van der Waals surface area contributed by atoms with E-state index in [9.17, 15) is 0 Å². The number of hydrogen-bond acceptors (Lipinski definition) is 10. The molecule has 2 aromatic heterocycles. The Balaban J connectivity index is 0.000000228. The van der Waals surface area contributed by atoms with E-state index in [-0.39, 0.29) is 38.4 Å². The number of piperidine rings is 2. The minimum atomic E-state index is 0. The van der Waals surface area contributed by atoms with Gasteiger partial charge in [-0.3, -0.25) is 0 Å². The van der Waals surface area contributed by atoms with E-state index >= 15 is 0 Å². The van der Waals surface area contributed by atoms with Crippen molar-refractivity contribution in [3.8, 4) is 6.01 Å². The number of hydrogen-bond donors (Lipinski definition) is 1. The number of halogens is 1. The average molecular weight is 737 g/mol. The maximum Gasteiger partial charge on any atom is 1.00 e. The van der Waals surface area contributed by atoms with Gasteiger partial charge in [0.1, 0.15) is 18.2 Å². The topological polar surface area (TPSA) is 94.0 Å². The summed E-state index contributed by atoms with van der Waals surface area (Å²) in [6, 6.07) is 2.73. The van der Waals surface area contributed by atoms with Gasteiger partial charge in [0, 0.05) is 48.4 Å². The molecule has 8 rings (SSSR count). The molecule has 2 aromatic rings. The van der Waals surface area contributed by atoms with E-state index in [0.29, 0.717) is 48.7 Å². The molecule has 0 amide bonds. The molecule has 12 heteroatoms. The van der Waals surface area contributed by atoms with Crippen molar-refractivity contribution in [1.29, 1.82) is 0 Å². The standard InChI is InChI=1S/C19H30N4O.C13H18ClN3.C6H13NO.CH4.Na.H/c1-14-7-3-4-12-23(14)18-16-9-5-10-17(16)20-19(21-18)24-13-15-8-6-11-22(15)2;1-9-5-2-3-8-17(9)12-10-6-4-7-11(10)15-13(14)16-12;1-7-4-2-3-6(7)5-8;;;/h14-15H,3-13H2,1-2H3;9H,2-8H2,1H3;6,8H,2-5H2,1H3;1H4;;/q;;;;+1;-1/t14-,15-;9-;6-;;;/m000.../s1. The zero-order valence-electron chi connectivity index (χ0n) is 32.7. The van der Waals surface area contributed by atoms with Gasteiger partial charge in [-0.05, 0) is 155 Å². The molecule has 0 aromatic carbocycles. The molecule has 0 unspecified atom stereocenters. The molecule has 4 fully saturated rings. The largest absolute Gasteiger partial charge is 1.00 e. The second-order valence-electron chi connectivity index (χ2n) is 15.3. The minimum Gasteiger partial charge on any atom is -1.00 e. The Hall–Kier alpha value is -1.27. The van der Waals surface area contributed by atoms with Crippen LogP contribution in [0.15, 0.2) is 0 Å². The molecule has 282 valence electrons. The zero-order valence-corrected chi connectivity index (χ0v) is 34.4. The van der Waals surface area contributed by atoms with Crippen LogP contribution in [0.5, 0.6) is 6.01 Å². The van der Waals surface area contributed by atoms with Crippen LogP contribution in [0.2, 0.25) is 5.28 Å². The van der Waals surface area contributed by atoms with E-state index < -0.39 is 0 Å². The Morgan fingerprint density at radius 3 is 1.69 bits per heavy atom. The number of likely N-dealkylation sites (tertiary alicyclic amines) is 2. The first-order chi connectivity index (χ1) is 23.8. The van der Waals surface area contributed by atoms with Gasteiger partial charge in [0.05, 0.1) is 18.0 Å². The van der Waals surface area contributed by atoms with E-state index in [1.165, 1.54) is 112 Å². The molecule has 0 bridgehead atoms. The summed E-state index contributed by atoms with van der Waals surface area (Å²) in [5.41, 5.74) is 5.14. The summed E-state index contributed by atoms with van der Waals surface area (Å²) in [6.07, 6.45) is 19.4. The van der Waals surface area contributed by atoms with E-state index in [1.807, 2.05) is 0 Å². The van der Waals surface area contributed by atoms with E-state index in [4.69, 9.17) is 31.4 Å². The average Bonchev–Trinajstić information content (AvgIpc) is 3.93. The Bertz CT molecular complexity index is 1390. The molecule has 0 spiro atoms. The van der Waals surface area contributed by atoms with E-state index in [2.05, 4.69) is 57.5 Å². The number of aliphatic hydroxyl groups is 1. The van der Waals surface area contributed by atoms with Gasteiger partial charge < -0.3 is 30.9 Å². The van der Waals surface area contributed by atoms with Crippen LogP contribution >= 0.6 is 11.6 Å². The molecule has 4 atom stereocenters. The van der Waals surface area contributed by atoms with Crippen molar-refractivity contribution in [2.75, 3.05) is 63.3 Å². The summed E-state index contributed by atoms with van der Waals surface area (Å²) >= 11 is 6.05. The number of nitrogens with zero attached hydrogens (tertiary/aromatic N) is 8. The van der Waals surface area contributed by atoms with Crippen molar-refractivity contribution >= 4 is 23.2 Å². The molecule has 10 nitrogen and oxygen atoms in total. The van der Waals surface area contributed by atoms with Gasteiger partial charge in [0.25, 0.3) is 0 Å². The third kappa shape index (κ3) is 10.7. The first kappa shape index (κ1) is 42.5. The van der Waals surface area contributed by atoms with Crippen LogP contribution in [0.4, 0.5) is 11.6 Å². The van der Waals surface area contributed by atoms with Gasteiger partial charge >= 0.3 is 35.6 Å². The summed E-state index contributed by atoms with van der Waals surface area (Å²) in [4.78, 5) is 28.0. The number of fused-ring (bicyclic) bond motifs is 2. The van der Waals surface area contributed by atoms with Crippen molar-refractivity contribution < 1.29 is 40.8 Å². The van der Waals surface area contributed by atoms with Gasteiger partial charge in [-0.1, -0.05) is 7.43 Å². The molecule has 51 heavy (non-hydrogen) atoms. The van der Waals surface area contributed by atoms with Crippen molar-refractivity contribution in [2.24, 2.45) is 0 Å². The van der Waals surface area contributed by atoms with Gasteiger partial charge in [-0.25, -0.2) is 9.97 Å². The molecule has 6 heterocycles. The fraction of sp³-hybridized carbons (Fsp3) is 0.795. The second kappa shape index (κ2) is 20.4. The maximum absolute atomic E-state index is 8.69. The van der Waals surface area contributed by atoms with Crippen molar-refractivity contribution in [3.05, 3.63) is 27.8 Å². The van der Waals surface area contributed by atoms with E-state index in [0.717, 1.165) is 51.1 Å². The van der Waals surface area contributed by atoms with Crippen LogP contribution in [0.25, 0.3) is 0 Å². The summed E-state index contributed by atoms with van der Waals surface area (Å²) in [5.74, 6) is 2.28. The molecule has 6 aliphatic rings. The Morgan fingerprint density at radius 2 is 1.20 bits per heavy atom. The van der Waals surface area contributed by atoms with Crippen LogP contribution in [-0.2, 0) is 25.7 Å². The van der Waals surface area contributed by atoms with Crippen LogP contribution < -0.4 is 44.1 Å². The third-order valence-electron chi connectivity index (χ3n) is 11.9. The first-order valence-electron chi connectivity index (χ1n) is 19.4. The monoisotopic (exact) mass is 736 g/mol. The molecule has 2 aliphatic carbocycles. The second-order valence-corrected chi connectivity index (χ2v) is 15.7. The van der Waals surface area contributed by atoms with Crippen LogP contribution in [0.1, 0.15) is 122 Å². The number of aromatic nitrogens is 4. The normalized spacial score (nSPS) is 25.8. The minimum absolute atomic E-state index is 0. The summed E-state index contributed by atoms with van der Waals surface area (Å²) in [6.45, 7) is 10.2. The van der Waals surface area contributed by atoms with Crippen molar-refractivity contribution in [1.82, 2.24) is 29.7 Å². The first-order valence-corrected chi connectivity index (χ1v) is 19.8. The van der Waals surface area contributed by atoms with Gasteiger partial charge in [-0.15, -0.1) is 0 Å². The molecular formula is C39H66ClN8NaO2. The predicted octanol–water partition coefficient (Wildman–Crippen LogP) is 3.64. The Kier molecular flexibility index (Phi) is 17.0. The van der Waals surface area contributed by atoms with Crippen LogP contribution in [-0.4, -0.2) is 112 Å². The number of anilines is 2. The third-order valence-corrected chi connectivity index (χ3v) is 12.1. The quantitative estimate of drug-likeness (QED) is 0.350. The number of rotatable bonds is 6.